The van der Waals surface area contributed by atoms with Gasteiger partial charge in [0.15, 0.2) is 0 Å². The third-order valence-corrected chi connectivity index (χ3v) is 6.06. The number of aryl methyl sites for hydroxylation is 3. The van der Waals surface area contributed by atoms with E-state index in [0.717, 1.165) is 50.2 Å². The van der Waals surface area contributed by atoms with E-state index < -0.39 is 0 Å². The lowest BCUT2D eigenvalue weighted by molar-refractivity contribution is 0.344. The molecule has 0 aliphatic rings. The van der Waals surface area contributed by atoms with Crippen LogP contribution in [0.1, 0.15) is 24.0 Å². The molecule has 0 saturated heterocycles. The van der Waals surface area contributed by atoms with E-state index in [0.29, 0.717) is 6.61 Å². The fourth-order valence-electron chi connectivity index (χ4n) is 3.91. The Morgan fingerprint density at radius 3 is 2.29 bits per heavy atom. The fraction of sp³-hybridized carbons (Fsp3) is 0.222. The number of thioether (sulfide) groups is 1. The SMILES string of the molecule is CCOc1cc(-c2ccc(SC)cc2)cc(=Nc2cccc(C)c2)c2c(C)oc(C)c12. The number of hydrogen-bond donors (Lipinski definition) is 0. The van der Waals surface area contributed by atoms with Crippen molar-refractivity contribution in [2.24, 2.45) is 4.99 Å². The monoisotopic (exact) mass is 429 g/mol. The number of benzene rings is 2. The summed E-state index contributed by atoms with van der Waals surface area (Å²) in [6, 6.07) is 21.1. The first kappa shape index (κ1) is 21.3. The van der Waals surface area contributed by atoms with Crippen LogP contribution in [0, 0.1) is 20.8 Å². The number of furan rings is 1. The van der Waals surface area contributed by atoms with Crippen LogP contribution in [-0.2, 0) is 0 Å². The first-order valence-electron chi connectivity index (χ1n) is 10.5. The van der Waals surface area contributed by atoms with Crippen LogP contribution in [0.25, 0.3) is 21.9 Å². The molecule has 158 valence electrons. The van der Waals surface area contributed by atoms with Crippen molar-refractivity contribution in [3.8, 4) is 16.9 Å². The van der Waals surface area contributed by atoms with E-state index >= 15 is 0 Å². The van der Waals surface area contributed by atoms with Gasteiger partial charge >= 0.3 is 0 Å². The summed E-state index contributed by atoms with van der Waals surface area (Å²) in [6.07, 6.45) is 2.09. The summed E-state index contributed by atoms with van der Waals surface area (Å²) < 4.78 is 12.1. The van der Waals surface area contributed by atoms with E-state index in [-0.39, 0.29) is 0 Å². The van der Waals surface area contributed by atoms with Gasteiger partial charge in [-0.25, -0.2) is 4.99 Å². The molecule has 0 bridgehead atoms. The largest absolute Gasteiger partial charge is 0.493 e. The van der Waals surface area contributed by atoms with Crippen LogP contribution in [0.2, 0.25) is 0 Å². The first-order valence-corrected chi connectivity index (χ1v) is 11.7. The molecule has 31 heavy (non-hydrogen) atoms. The van der Waals surface area contributed by atoms with Crippen molar-refractivity contribution >= 4 is 28.2 Å². The van der Waals surface area contributed by atoms with Gasteiger partial charge in [-0.1, -0.05) is 24.3 Å². The molecule has 0 spiro atoms. The van der Waals surface area contributed by atoms with Crippen LogP contribution >= 0.6 is 11.8 Å². The summed E-state index contributed by atoms with van der Waals surface area (Å²) in [5.41, 5.74) is 4.30. The Morgan fingerprint density at radius 2 is 1.61 bits per heavy atom. The Bertz CT molecular complexity index is 1300. The van der Waals surface area contributed by atoms with Crippen molar-refractivity contribution in [2.45, 2.75) is 32.6 Å². The van der Waals surface area contributed by atoms with Crippen molar-refractivity contribution in [3.05, 3.63) is 83.1 Å². The molecule has 0 aliphatic carbocycles. The molecular weight excluding hydrogens is 402 g/mol. The Labute approximate surface area is 187 Å². The number of ether oxygens (including phenoxy) is 1. The van der Waals surface area contributed by atoms with Gasteiger partial charge in [-0.3, -0.25) is 0 Å². The predicted octanol–water partition coefficient (Wildman–Crippen LogP) is 7.38. The molecule has 0 saturated carbocycles. The highest BCUT2D eigenvalue weighted by Gasteiger charge is 2.15. The highest BCUT2D eigenvalue weighted by Crippen LogP contribution is 2.34. The van der Waals surface area contributed by atoms with Crippen LogP contribution in [0.15, 0.2) is 75.0 Å². The molecule has 3 nitrogen and oxygen atoms in total. The van der Waals surface area contributed by atoms with E-state index in [9.17, 15) is 0 Å². The van der Waals surface area contributed by atoms with Crippen LogP contribution < -0.4 is 10.1 Å². The smallest absolute Gasteiger partial charge is 0.131 e. The van der Waals surface area contributed by atoms with Gasteiger partial charge in [-0.2, -0.15) is 0 Å². The molecule has 3 aromatic carbocycles. The second-order valence-corrected chi connectivity index (χ2v) is 8.45. The fourth-order valence-corrected chi connectivity index (χ4v) is 4.32. The molecule has 4 heteroatoms. The molecule has 4 aromatic rings. The average molecular weight is 430 g/mol. The molecular formula is C27H27NO2S. The topological polar surface area (TPSA) is 34.7 Å². The lowest BCUT2D eigenvalue weighted by Crippen LogP contribution is -2.00. The molecule has 0 atom stereocenters. The Hall–Kier alpha value is -2.98. The van der Waals surface area contributed by atoms with Crippen LogP contribution in [0.5, 0.6) is 5.75 Å². The third-order valence-electron chi connectivity index (χ3n) is 5.32. The van der Waals surface area contributed by atoms with Gasteiger partial charge in [-0.15, -0.1) is 11.8 Å². The molecule has 0 fully saturated rings. The predicted molar refractivity (Wildman–Crippen MR) is 130 cm³/mol. The van der Waals surface area contributed by atoms with Gasteiger partial charge < -0.3 is 9.15 Å². The third kappa shape index (κ3) is 4.40. The Balaban J connectivity index is 2.10. The van der Waals surface area contributed by atoms with E-state index in [1.54, 1.807) is 11.8 Å². The quantitative estimate of drug-likeness (QED) is 0.310. The molecule has 1 aromatic heterocycles. The van der Waals surface area contributed by atoms with Gasteiger partial charge in [0.05, 0.1) is 28.4 Å². The van der Waals surface area contributed by atoms with E-state index in [1.807, 2.05) is 32.9 Å². The first-order chi connectivity index (χ1) is 15.0. The van der Waals surface area contributed by atoms with Crippen LogP contribution in [0.3, 0.4) is 0 Å². The molecule has 0 amide bonds. The van der Waals surface area contributed by atoms with Crippen LogP contribution in [0.4, 0.5) is 5.69 Å². The van der Waals surface area contributed by atoms with Crippen molar-refractivity contribution in [1.82, 2.24) is 0 Å². The molecule has 0 radical (unpaired) electrons. The highest BCUT2D eigenvalue weighted by molar-refractivity contribution is 7.98. The number of rotatable bonds is 5. The lowest BCUT2D eigenvalue weighted by Gasteiger charge is -2.05. The summed E-state index contributed by atoms with van der Waals surface area (Å²) in [5, 5.41) is 2.86. The zero-order valence-electron chi connectivity index (χ0n) is 18.7. The standard InChI is InChI=1S/C27H27NO2S/c1-6-29-25-16-21(20-10-12-23(31-5)13-11-20)15-24(26-18(3)30-19(4)27(25)26)28-22-9-7-8-17(2)14-22/h7-16H,6H2,1-5H3. The maximum atomic E-state index is 6.10. The van der Waals surface area contributed by atoms with Crippen molar-refractivity contribution in [3.63, 3.8) is 0 Å². The molecule has 0 unspecified atom stereocenters. The van der Waals surface area contributed by atoms with E-state index in [4.69, 9.17) is 14.1 Å². The average Bonchev–Trinajstić information content (AvgIpc) is 2.95. The lowest BCUT2D eigenvalue weighted by atomic mass is 10.1. The van der Waals surface area contributed by atoms with Gasteiger partial charge in [0, 0.05) is 4.90 Å². The summed E-state index contributed by atoms with van der Waals surface area (Å²) >= 11 is 1.74. The molecule has 4 rings (SSSR count). The maximum absolute atomic E-state index is 6.10. The minimum absolute atomic E-state index is 0.581. The summed E-state index contributed by atoms with van der Waals surface area (Å²) in [7, 11) is 0. The number of nitrogens with zero attached hydrogens (tertiary/aromatic N) is 1. The van der Waals surface area contributed by atoms with Gasteiger partial charge in [-0.05, 0) is 87.0 Å². The Kier molecular flexibility index (Phi) is 6.19. The Morgan fingerprint density at radius 1 is 0.871 bits per heavy atom. The zero-order chi connectivity index (χ0) is 22.0. The van der Waals surface area contributed by atoms with Crippen molar-refractivity contribution in [1.29, 1.82) is 0 Å². The highest BCUT2D eigenvalue weighted by atomic mass is 32.2. The molecule has 0 N–H and O–H groups in total. The summed E-state index contributed by atoms with van der Waals surface area (Å²) in [4.78, 5) is 6.28. The molecule has 1 heterocycles. The number of hydrogen-bond acceptors (Lipinski definition) is 4. The van der Waals surface area contributed by atoms with Crippen molar-refractivity contribution < 1.29 is 9.15 Å². The van der Waals surface area contributed by atoms with Gasteiger partial charge in [0.1, 0.15) is 17.3 Å². The van der Waals surface area contributed by atoms with Gasteiger partial charge in [0.2, 0.25) is 0 Å². The van der Waals surface area contributed by atoms with Gasteiger partial charge in [0.25, 0.3) is 0 Å². The van der Waals surface area contributed by atoms with E-state index in [1.165, 1.54) is 10.5 Å². The maximum Gasteiger partial charge on any atom is 0.131 e. The zero-order valence-corrected chi connectivity index (χ0v) is 19.5. The van der Waals surface area contributed by atoms with E-state index in [2.05, 4.69) is 61.7 Å². The van der Waals surface area contributed by atoms with Crippen LogP contribution in [-0.4, -0.2) is 12.9 Å². The van der Waals surface area contributed by atoms with Crippen molar-refractivity contribution in [2.75, 3.05) is 12.9 Å². The second kappa shape index (κ2) is 9.03. The summed E-state index contributed by atoms with van der Waals surface area (Å²) in [5.74, 6) is 2.51. The normalized spacial score (nSPS) is 11.8. The molecule has 0 aliphatic heterocycles. The number of fused-ring (bicyclic) bond motifs is 1. The second-order valence-electron chi connectivity index (χ2n) is 7.57. The summed E-state index contributed by atoms with van der Waals surface area (Å²) in [6.45, 7) is 8.65. The minimum atomic E-state index is 0.581. The minimum Gasteiger partial charge on any atom is -0.493 e.